The van der Waals surface area contributed by atoms with Gasteiger partial charge in [0.15, 0.2) is 0 Å². The number of alkyl halides is 2. The number of pyridine rings is 1. The Kier molecular flexibility index (Phi) is 3.69. The molecule has 0 aliphatic carbocycles. The van der Waals surface area contributed by atoms with Crippen LogP contribution in [0.15, 0.2) is 11.1 Å². The van der Waals surface area contributed by atoms with Gasteiger partial charge in [-0.2, -0.15) is 0 Å². The highest BCUT2D eigenvalue weighted by Crippen LogP contribution is 2.33. The predicted molar refractivity (Wildman–Crippen MR) is 53.5 cm³/mol. The Hall–Kier alpha value is -0.950. The molecular weight excluding hydrogens is 264 g/mol. The molecule has 8 heteroatoms. The van der Waals surface area contributed by atoms with Gasteiger partial charge in [-0.15, -0.1) is 0 Å². The van der Waals surface area contributed by atoms with Crippen molar-refractivity contribution in [3.05, 3.63) is 17.5 Å². The molecule has 4 nitrogen and oxygen atoms in total. The highest BCUT2D eigenvalue weighted by Gasteiger charge is 2.27. The average Bonchev–Trinajstić information content (AvgIpc) is 2.14. The second-order valence-electron chi connectivity index (χ2n) is 2.90. The third-order valence-corrected chi connectivity index (χ3v) is 3.40. The van der Waals surface area contributed by atoms with Crippen LogP contribution >= 0.6 is 10.7 Å². The Balaban J connectivity index is 3.63. The molecule has 0 amide bonds. The summed E-state index contributed by atoms with van der Waals surface area (Å²) in [5.74, 6) is 0.0867. The summed E-state index contributed by atoms with van der Waals surface area (Å²) in [6, 6.07) is 0. The molecule has 0 aliphatic heterocycles. The van der Waals surface area contributed by atoms with Crippen LogP contribution < -0.4 is 4.74 Å². The van der Waals surface area contributed by atoms with E-state index in [2.05, 4.69) is 4.98 Å². The zero-order valence-electron chi connectivity index (χ0n) is 8.37. The maximum atomic E-state index is 12.5. The van der Waals surface area contributed by atoms with Gasteiger partial charge in [-0.1, -0.05) is 0 Å². The second-order valence-corrected chi connectivity index (χ2v) is 5.41. The fourth-order valence-corrected chi connectivity index (χ4v) is 2.70. The van der Waals surface area contributed by atoms with Crippen molar-refractivity contribution in [2.24, 2.45) is 0 Å². The molecule has 0 aliphatic rings. The van der Waals surface area contributed by atoms with Crippen molar-refractivity contribution in [2.45, 2.75) is 18.2 Å². The predicted octanol–water partition coefficient (Wildman–Crippen LogP) is 2.26. The monoisotopic (exact) mass is 271 g/mol. The lowest BCUT2D eigenvalue weighted by Gasteiger charge is -2.11. The fourth-order valence-electron chi connectivity index (χ4n) is 1.26. The summed E-state index contributed by atoms with van der Waals surface area (Å²) in [7, 11) is 2.07. The Morgan fingerprint density at radius 1 is 1.50 bits per heavy atom. The minimum atomic E-state index is -4.29. The highest BCUT2D eigenvalue weighted by atomic mass is 35.7. The first-order valence-corrected chi connectivity index (χ1v) is 6.36. The van der Waals surface area contributed by atoms with Gasteiger partial charge >= 0.3 is 0 Å². The van der Waals surface area contributed by atoms with Gasteiger partial charge in [-0.25, -0.2) is 22.2 Å². The van der Waals surface area contributed by atoms with E-state index in [1.807, 2.05) is 0 Å². The van der Waals surface area contributed by atoms with Crippen molar-refractivity contribution in [1.82, 2.24) is 4.98 Å². The molecule has 0 N–H and O–H groups in total. The molecule has 0 atom stereocenters. The summed E-state index contributed by atoms with van der Waals surface area (Å²) in [5.41, 5.74) is -0.851. The smallest absolute Gasteiger partial charge is 0.281 e. The van der Waals surface area contributed by atoms with E-state index in [1.54, 1.807) is 0 Å². The van der Waals surface area contributed by atoms with E-state index in [9.17, 15) is 17.2 Å². The van der Waals surface area contributed by atoms with Gasteiger partial charge in [0, 0.05) is 16.2 Å². The van der Waals surface area contributed by atoms with E-state index >= 15 is 0 Å². The largest absolute Gasteiger partial charge is 0.495 e. The summed E-state index contributed by atoms with van der Waals surface area (Å²) >= 11 is 0. The maximum absolute atomic E-state index is 12.5. The number of methoxy groups -OCH3 is 1. The molecule has 0 fully saturated rings. The van der Waals surface area contributed by atoms with Crippen molar-refractivity contribution in [3.8, 4) is 5.75 Å². The third-order valence-electron chi connectivity index (χ3n) is 1.93. The zero-order chi connectivity index (χ0) is 12.5. The van der Waals surface area contributed by atoms with Crippen LogP contribution in [0.3, 0.4) is 0 Å². The van der Waals surface area contributed by atoms with Crippen LogP contribution in [0.1, 0.15) is 17.7 Å². The lowest BCUT2D eigenvalue weighted by atomic mass is 10.2. The summed E-state index contributed by atoms with van der Waals surface area (Å²) < 4.78 is 52.2. The minimum absolute atomic E-state index is 0.0165. The van der Waals surface area contributed by atoms with Gasteiger partial charge in [-0.3, -0.25) is 0 Å². The van der Waals surface area contributed by atoms with Crippen LogP contribution in [0.25, 0.3) is 0 Å². The molecular formula is C8H8ClF2NO3S. The van der Waals surface area contributed by atoms with Crippen molar-refractivity contribution < 1.29 is 21.9 Å². The number of rotatable bonds is 3. The van der Waals surface area contributed by atoms with Crippen LogP contribution in [0.2, 0.25) is 0 Å². The Morgan fingerprint density at radius 2 is 2.06 bits per heavy atom. The molecule has 1 rings (SSSR count). The molecule has 1 aromatic rings. The molecule has 0 spiro atoms. The number of aromatic nitrogens is 1. The van der Waals surface area contributed by atoms with E-state index in [1.165, 1.54) is 14.0 Å². The van der Waals surface area contributed by atoms with Crippen molar-refractivity contribution in [2.75, 3.05) is 7.11 Å². The highest BCUT2D eigenvalue weighted by molar-refractivity contribution is 8.13. The molecule has 0 saturated carbocycles. The molecule has 90 valence electrons. The first kappa shape index (κ1) is 13.1. The van der Waals surface area contributed by atoms with Crippen LogP contribution in [-0.4, -0.2) is 20.5 Å². The Bertz CT molecular complexity index is 504. The zero-order valence-corrected chi connectivity index (χ0v) is 9.94. The number of halogens is 3. The van der Waals surface area contributed by atoms with Gasteiger partial charge in [0.1, 0.15) is 16.3 Å². The molecule has 0 saturated heterocycles. The minimum Gasteiger partial charge on any atom is -0.495 e. The van der Waals surface area contributed by atoms with E-state index < -0.39 is 26.1 Å². The lowest BCUT2D eigenvalue weighted by Crippen LogP contribution is -2.06. The van der Waals surface area contributed by atoms with E-state index in [-0.39, 0.29) is 11.3 Å². The van der Waals surface area contributed by atoms with Gasteiger partial charge in [0.2, 0.25) is 0 Å². The number of hydrogen-bond donors (Lipinski definition) is 0. The Labute approximate surface area is 95.6 Å². The van der Waals surface area contributed by atoms with Crippen LogP contribution in [0.4, 0.5) is 8.78 Å². The van der Waals surface area contributed by atoms with Gasteiger partial charge in [0.05, 0.1) is 13.3 Å². The Morgan fingerprint density at radius 3 is 2.44 bits per heavy atom. The van der Waals surface area contributed by atoms with E-state index in [4.69, 9.17) is 15.4 Å². The number of nitrogens with zero attached hydrogens (tertiary/aromatic N) is 1. The van der Waals surface area contributed by atoms with E-state index in [0.29, 0.717) is 0 Å². The first-order valence-electron chi connectivity index (χ1n) is 4.05. The standard InChI is InChI=1S/C8H8ClF2NO3S/c1-4-5(15-2)3-12-6(8(10)11)7(4)16(9,13)14/h3,8H,1-2H3. The molecule has 16 heavy (non-hydrogen) atoms. The molecule has 0 radical (unpaired) electrons. The number of hydrogen-bond acceptors (Lipinski definition) is 4. The summed E-state index contributed by atoms with van der Waals surface area (Å²) in [4.78, 5) is 2.65. The van der Waals surface area contributed by atoms with Crippen LogP contribution in [-0.2, 0) is 9.05 Å². The summed E-state index contributed by atoms with van der Waals surface area (Å²) in [6.45, 7) is 1.32. The molecule has 1 aromatic heterocycles. The van der Waals surface area contributed by atoms with Crippen LogP contribution in [0, 0.1) is 6.92 Å². The summed E-state index contributed by atoms with van der Waals surface area (Å²) in [6.07, 6.45) is -1.99. The topological polar surface area (TPSA) is 56.3 Å². The molecule has 0 bridgehead atoms. The van der Waals surface area contributed by atoms with E-state index in [0.717, 1.165) is 6.20 Å². The maximum Gasteiger partial charge on any atom is 0.281 e. The first-order chi connectivity index (χ1) is 7.29. The van der Waals surface area contributed by atoms with Crippen molar-refractivity contribution in [3.63, 3.8) is 0 Å². The molecule has 0 unspecified atom stereocenters. The molecule has 0 aromatic carbocycles. The van der Waals surface area contributed by atoms with Crippen LogP contribution in [0.5, 0.6) is 5.75 Å². The number of ether oxygens (including phenoxy) is 1. The van der Waals surface area contributed by atoms with Gasteiger partial charge < -0.3 is 4.74 Å². The van der Waals surface area contributed by atoms with Crippen molar-refractivity contribution in [1.29, 1.82) is 0 Å². The van der Waals surface area contributed by atoms with Crippen molar-refractivity contribution >= 4 is 19.7 Å². The second kappa shape index (κ2) is 4.50. The fraction of sp³-hybridized carbons (Fsp3) is 0.375. The lowest BCUT2D eigenvalue weighted by molar-refractivity contribution is 0.142. The SMILES string of the molecule is COc1cnc(C(F)F)c(S(=O)(=O)Cl)c1C. The average molecular weight is 272 g/mol. The third kappa shape index (κ3) is 2.41. The van der Waals surface area contributed by atoms with Gasteiger partial charge in [0.25, 0.3) is 15.5 Å². The molecule has 1 heterocycles. The quantitative estimate of drug-likeness (QED) is 0.792. The van der Waals surface area contributed by atoms with Gasteiger partial charge in [-0.05, 0) is 6.92 Å². The normalized spacial score (nSPS) is 11.9. The summed E-state index contributed by atoms with van der Waals surface area (Å²) in [5, 5.41) is 0.